The van der Waals surface area contributed by atoms with Gasteiger partial charge >= 0.3 is 6.09 Å². The van der Waals surface area contributed by atoms with Gasteiger partial charge in [-0.2, -0.15) is 15.0 Å². The molecule has 0 radical (unpaired) electrons. The quantitative estimate of drug-likeness (QED) is 0.503. The van der Waals surface area contributed by atoms with Crippen molar-refractivity contribution in [1.29, 1.82) is 0 Å². The van der Waals surface area contributed by atoms with Gasteiger partial charge in [-0.05, 0) is 70.7 Å². The van der Waals surface area contributed by atoms with Crippen molar-refractivity contribution >= 4 is 11.9 Å². The predicted octanol–water partition coefficient (Wildman–Crippen LogP) is 4.38. The summed E-state index contributed by atoms with van der Waals surface area (Å²) in [6.07, 6.45) is 3.86. The molecule has 3 aromatic rings. The number of aromatic hydroxyl groups is 1. The number of amides is 1. The average molecular weight is 512 g/mol. The zero-order chi connectivity index (χ0) is 26.7. The Hall–Kier alpha value is -3.76. The Morgan fingerprint density at radius 1 is 1.11 bits per heavy atom. The Labute approximate surface area is 216 Å². The van der Waals surface area contributed by atoms with Gasteiger partial charge in [0.25, 0.3) is 0 Å². The van der Waals surface area contributed by atoms with Crippen LogP contribution in [0.5, 0.6) is 5.75 Å². The first-order chi connectivity index (χ1) is 17.5. The summed E-state index contributed by atoms with van der Waals surface area (Å²) in [5.74, 6) is 0.527. The van der Waals surface area contributed by atoms with E-state index in [0.717, 1.165) is 0 Å². The smallest absolute Gasteiger partial charge is 0.410 e. The Balaban J connectivity index is 1.49. The van der Waals surface area contributed by atoms with E-state index in [1.165, 1.54) is 4.80 Å². The van der Waals surface area contributed by atoms with Crippen LogP contribution in [0.3, 0.4) is 0 Å². The van der Waals surface area contributed by atoms with E-state index < -0.39 is 23.9 Å². The van der Waals surface area contributed by atoms with Gasteiger partial charge in [0.2, 0.25) is 0 Å². The molecule has 10 nitrogen and oxygen atoms in total. The summed E-state index contributed by atoms with van der Waals surface area (Å²) >= 11 is 0. The summed E-state index contributed by atoms with van der Waals surface area (Å²) in [5, 5.41) is 27.3. The van der Waals surface area contributed by atoms with E-state index in [-0.39, 0.29) is 11.8 Å². The molecule has 0 bridgehead atoms. The first-order valence-corrected chi connectivity index (χ1v) is 12.4. The number of carbonyl (C=O) groups is 1. The molecule has 2 heterocycles. The van der Waals surface area contributed by atoms with Gasteiger partial charge in [0.05, 0.1) is 29.8 Å². The summed E-state index contributed by atoms with van der Waals surface area (Å²) in [4.78, 5) is 17.4. The van der Waals surface area contributed by atoms with Crippen LogP contribution in [0.4, 0.5) is 15.0 Å². The molecule has 1 saturated carbocycles. The van der Waals surface area contributed by atoms with Gasteiger partial charge in [-0.3, -0.25) is 0 Å². The van der Waals surface area contributed by atoms with Gasteiger partial charge in [-0.15, -0.1) is 10.2 Å². The summed E-state index contributed by atoms with van der Waals surface area (Å²) in [7, 11) is 3.50. The molecular weight excluding hydrogens is 477 g/mol. The van der Waals surface area contributed by atoms with Gasteiger partial charge in [0.1, 0.15) is 17.5 Å². The summed E-state index contributed by atoms with van der Waals surface area (Å²) in [5.41, 5.74) is 1.00. The Bertz CT molecular complexity index is 1200. The fraction of sp³-hybridized carbons (Fsp3) is 0.500. The van der Waals surface area contributed by atoms with Crippen LogP contribution in [0.2, 0.25) is 0 Å². The third kappa shape index (κ3) is 6.15. The largest absolute Gasteiger partial charge is 0.507 e. The molecule has 11 heteroatoms. The zero-order valence-electron chi connectivity index (χ0n) is 21.9. The Morgan fingerprint density at radius 2 is 1.84 bits per heavy atom. The van der Waals surface area contributed by atoms with E-state index in [0.29, 0.717) is 48.4 Å². The lowest BCUT2D eigenvalue weighted by Gasteiger charge is -2.35. The maximum Gasteiger partial charge on any atom is 0.410 e. The van der Waals surface area contributed by atoms with Crippen LogP contribution < -0.4 is 4.90 Å². The van der Waals surface area contributed by atoms with Crippen LogP contribution >= 0.6 is 0 Å². The average Bonchev–Trinajstić information content (AvgIpc) is 3.32. The molecule has 198 valence electrons. The standard InChI is InChI=1S/C26H34FN7O3/c1-26(2,3)37-25(36)32(4)17-7-6-8-20(27)22(15-17)33(5)24-12-11-21(30-31-24)19-10-9-18(16-23(19)35)34-28-13-14-29-34/h9-14,16-17,20,22,35H,6-8,15H2,1-5H3/t17-,20+,22-/m0/s1. The highest BCUT2D eigenvalue weighted by atomic mass is 19.1. The number of halogens is 1. The van der Waals surface area contributed by atoms with E-state index in [1.54, 1.807) is 66.6 Å². The lowest BCUT2D eigenvalue weighted by atomic mass is 10.0. The van der Waals surface area contributed by atoms with Crippen LogP contribution in [-0.4, -0.2) is 79.2 Å². The fourth-order valence-corrected chi connectivity index (χ4v) is 4.56. The minimum Gasteiger partial charge on any atom is -0.507 e. The van der Waals surface area contributed by atoms with Crippen molar-refractivity contribution in [3.63, 3.8) is 0 Å². The van der Waals surface area contributed by atoms with Crippen LogP contribution in [0.1, 0.15) is 46.5 Å². The predicted molar refractivity (Wildman–Crippen MR) is 137 cm³/mol. The van der Waals surface area contributed by atoms with Crippen molar-refractivity contribution in [2.24, 2.45) is 0 Å². The summed E-state index contributed by atoms with van der Waals surface area (Å²) in [6.45, 7) is 5.48. The number of hydrogen-bond donors (Lipinski definition) is 1. The molecule has 0 spiro atoms. The molecule has 2 aromatic heterocycles. The van der Waals surface area contributed by atoms with Crippen molar-refractivity contribution < 1.29 is 19.0 Å². The lowest BCUT2D eigenvalue weighted by Crippen LogP contribution is -2.46. The first kappa shape index (κ1) is 26.3. The van der Waals surface area contributed by atoms with Crippen LogP contribution in [0.15, 0.2) is 42.7 Å². The fourth-order valence-electron chi connectivity index (χ4n) is 4.56. The van der Waals surface area contributed by atoms with E-state index in [4.69, 9.17) is 4.74 Å². The molecule has 1 amide bonds. The lowest BCUT2D eigenvalue weighted by molar-refractivity contribution is 0.0202. The molecular formula is C26H34FN7O3. The SMILES string of the molecule is CN(C(=O)OC(C)(C)C)[C@H]1CCC[C@@H](F)[C@@H](N(C)c2ccc(-c3ccc(-n4nccn4)cc3O)nn2)C1. The second-order valence-corrected chi connectivity index (χ2v) is 10.4. The van der Waals surface area contributed by atoms with Crippen molar-refractivity contribution in [1.82, 2.24) is 30.1 Å². The van der Waals surface area contributed by atoms with Gasteiger partial charge in [-0.25, -0.2) is 9.18 Å². The number of hydrogen-bond acceptors (Lipinski definition) is 8. The first-order valence-electron chi connectivity index (χ1n) is 12.4. The number of rotatable bonds is 5. The molecule has 3 atom stereocenters. The molecule has 0 saturated heterocycles. The van der Waals surface area contributed by atoms with E-state index in [2.05, 4.69) is 20.4 Å². The monoisotopic (exact) mass is 511 g/mol. The number of nitrogens with zero attached hydrogens (tertiary/aromatic N) is 7. The van der Waals surface area contributed by atoms with Crippen LogP contribution in [0.25, 0.3) is 16.9 Å². The molecule has 1 fully saturated rings. The maximum absolute atomic E-state index is 15.2. The Kier molecular flexibility index (Phi) is 7.60. The van der Waals surface area contributed by atoms with Gasteiger partial charge in [0.15, 0.2) is 5.82 Å². The normalized spacial score (nSPS) is 20.2. The van der Waals surface area contributed by atoms with Crippen molar-refractivity contribution in [2.45, 2.75) is 70.3 Å². The Morgan fingerprint density at radius 3 is 2.46 bits per heavy atom. The second kappa shape index (κ2) is 10.7. The van der Waals surface area contributed by atoms with Crippen molar-refractivity contribution in [3.8, 4) is 22.7 Å². The topological polar surface area (TPSA) is 110 Å². The molecule has 0 unspecified atom stereocenters. The summed E-state index contributed by atoms with van der Waals surface area (Å²) < 4.78 is 20.8. The van der Waals surface area contributed by atoms with Crippen molar-refractivity contribution in [3.05, 3.63) is 42.7 Å². The molecule has 37 heavy (non-hydrogen) atoms. The molecule has 1 aromatic carbocycles. The highest BCUT2D eigenvalue weighted by Gasteiger charge is 2.35. The van der Waals surface area contributed by atoms with E-state index in [9.17, 15) is 9.90 Å². The number of benzene rings is 1. The van der Waals surface area contributed by atoms with E-state index >= 15 is 4.39 Å². The minimum atomic E-state index is -1.07. The minimum absolute atomic E-state index is 0.0193. The zero-order valence-corrected chi connectivity index (χ0v) is 21.9. The number of phenols is 1. The van der Waals surface area contributed by atoms with Gasteiger partial charge < -0.3 is 19.6 Å². The molecule has 4 rings (SSSR count). The number of aromatic nitrogens is 5. The van der Waals surface area contributed by atoms with Crippen LogP contribution in [-0.2, 0) is 4.74 Å². The van der Waals surface area contributed by atoms with Crippen LogP contribution in [0, 0.1) is 0 Å². The third-order valence-electron chi connectivity index (χ3n) is 6.59. The highest BCUT2D eigenvalue weighted by Crippen LogP contribution is 2.32. The van der Waals surface area contributed by atoms with Gasteiger partial charge in [-0.1, -0.05) is 0 Å². The number of carbonyl (C=O) groups excluding carboxylic acids is 1. The number of anilines is 1. The van der Waals surface area contributed by atoms with Crippen molar-refractivity contribution in [2.75, 3.05) is 19.0 Å². The molecule has 1 N–H and O–H groups in total. The van der Waals surface area contributed by atoms with Gasteiger partial charge in [0, 0.05) is 31.8 Å². The second-order valence-electron chi connectivity index (χ2n) is 10.4. The van der Waals surface area contributed by atoms with E-state index in [1.807, 2.05) is 20.8 Å². The number of phenolic OH excluding ortho intramolecular Hbond substituents is 1. The summed E-state index contributed by atoms with van der Waals surface area (Å²) in [6, 6.07) is 7.92. The maximum atomic E-state index is 15.2. The highest BCUT2D eigenvalue weighted by molar-refractivity contribution is 5.69. The number of alkyl halides is 1. The molecule has 1 aliphatic rings. The number of ether oxygens (including phenoxy) is 1. The molecule has 1 aliphatic carbocycles. The third-order valence-corrected chi connectivity index (χ3v) is 6.59. The molecule has 0 aliphatic heterocycles.